The molecule has 0 bridgehead atoms. The number of benzene rings is 2. The summed E-state index contributed by atoms with van der Waals surface area (Å²) in [4.78, 5) is 11.7. The van der Waals surface area contributed by atoms with Crippen LogP contribution in [0, 0.1) is 11.6 Å². The molecule has 2 aromatic rings. The Kier molecular flexibility index (Phi) is 4.12. The maximum Gasteiger partial charge on any atom is 0.228 e. The van der Waals surface area contributed by atoms with Gasteiger partial charge < -0.3 is 5.32 Å². The van der Waals surface area contributed by atoms with E-state index in [0.29, 0.717) is 11.3 Å². The predicted octanol–water partition coefficient (Wildman–Crippen LogP) is 3.80. The summed E-state index contributed by atoms with van der Waals surface area (Å²) < 4.78 is 25.8. The fourth-order valence-corrected chi connectivity index (χ4v) is 1.83. The molecule has 0 saturated carbocycles. The minimum atomic E-state index is -0.479. The van der Waals surface area contributed by atoms with Gasteiger partial charge in [0.25, 0.3) is 0 Å². The van der Waals surface area contributed by atoms with Gasteiger partial charge >= 0.3 is 0 Å². The topological polar surface area (TPSA) is 29.1 Å². The van der Waals surface area contributed by atoms with Gasteiger partial charge in [0.05, 0.1) is 17.1 Å². The molecule has 0 fully saturated rings. The Morgan fingerprint density at radius 3 is 2.53 bits per heavy atom. The molecule has 0 saturated heterocycles. The Balaban J connectivity index is 2.05. The zero-order chi connectivity index (χ0) is 13.8. The van der Waals surface area contributed by atoms with Crippen LogP contribution in [0.15, 0.2) is 42.5 Å². The Morgan fingerprint density at radius 1 is 1.11 bits per heavy atom. The van der Waals surface area contributed by atoms with Crippen molar-refractivity contribution in [3.05, 3.63) is 64.7 Å². The van der Waals surface area contributed by atoms with Gasteiger partial charge in [-0.25, -0.2) is 8.78 Å². The lowest BCUT2D eigenvalue weighted by Crippen LogP contribution is -2.14. The lowest BCUT2D eigenvalue weighted by atomic mass is 10.1. The van der Waals surface area contributed by atoms with Gasteiger partial charge in [-0.05, 0) is 35.9 Å². The van der Waals surface area contributed by atoms with Gasteiger partial charge in [-0.1, -0.05) is 23.7 Å². The summed E-state index contributed by atoms with van der Waals surface area (Å²) in [7, 11) is 0. The van der Waals surface area contributed by atoms with Gasteiger partial charge in [0.15, 0.2) is 0 Å². The highest BCUT2D eigenvalue weighted by atomic mass is 35.5. The molecule has 1 N–H and O–H groups in total. The van der Waals surface area contributed by atoms with Crippen LogP contribution in [0.3, 0.4) is 0 Å². The zero-order valence-electron chi connectivity index (χ0n) is 9.79. The van der Waals surface area contributed by atoms with E-state index in [1.807, 2.05) is 0 Å². The van der Waals surface area contributed by atoms with Crippen molar-refractivity contribution in [1.82, 2.24) is 0 Å². The molecule has 2 rings (SSSR count). The second kappa shape index (κ2) is 5.80. The van der Waals surface area contributed by atoms with Crippen molar-refractivity contribution < 1.29 is 13.6 Å². The van der Waals surface area contributed by atoms with Crippen molar-refractivity contribution >= 4 is 23.2 Å². The molecule has 0 heterocycles. The van der Waals surface area contributed by atoms with Crippen LogP contribution in [-0.4, -0.2) is 5.91 Å². The van der Waals surface area contributed by atoms with Crippen LogP contribution in [0.1, 0.15) is 5.56 Å². The first-order valence-corrected chi connectivity index (χ1v) is 5.92. The molecule has 2 aromatic carbocycles. The summed E-state index contributed by atoms with van der Waals surface area (Å²) in [6.07, 6.45) is 0.0193. The molecule has 0 atom stereocenters. The van der Waals surface area contributed by atoms with Crippen LogP contribution in [-0.2, 0) is 11.2 Å². The van der Waals surface area contributed by atoms with E-state index in [-0.39, 0.29) is 17.4 Å². The molecule has 0 aliphatic rings. The molecule has 0 spiro atoms. The predicted molar refractivity (Wildman–Crippen MR) is 70.1 cm³/mol. The Hall–Kier alpha value is -1.94. The first kappa shape index (κ1) is 13.5. The van der Waals surface area contributed by atoms with Gasteiger partial charge in [-0.15, -0.1) is 0 Å². The summed E-state index contributed by atoms with van der Waals surface area (Å²) in [5, 5.41) is 2.66. The minimum absolute atomic E-state index is 0.0193. The van der Waals surface area contributed by atoms with Crippen molar-refractivity contribution in [3.8, 4) is 0 Å². The van der Waals surface area contributed by atoms with E-state index < -0.39 is 11.6 Å². The van der Waals surface area contributed by atoms with Crippen molar-refractivity contribution in [2.45, 2.75) is 6.42 Å². The van der Waals surface area contributed by atoms with Crippen LogP contribution in [0.4, 0.5) is 14.5 Å². The molecule has 5 heteroatoms. The summed E-state index contributed by atoms with van der Waals surface area (Å²) in [5.74, 6) is -1.22. The molecule has 19 heavy (non-hydrogen) atoms. The van der Waals surface area contributed by atoms with Gasteiger partial charge in [0.1, 0.15) is 11.6 Å². The van der Waals surface area contributed by atoms with Gasteiger partial charge in [-0.3, -0.25) is 4.79 Å². The standard InChI is InChI=1S/C14H10ClF2NO/c15-12-8-11(17)4-5-13(12)18-14(19)7-9-2-1-3-10(16)6-9/h1-6,8H,7H2,(H,18,19). The van der Waals surface area contributed by atoms with E-state index >= 15 is 0 Å². The minimum Gasteiger partial charge on any atom is -0.324 e. The molecule has 0 unspecified atom stereocenters. The second-order valence-corrected chi connectivity index (χ2v) is 4.39. The first-order chi connectivity index (χ1) is 9.04. The number of hydrogen-bond acceptors (Lipinski definition) is 1. The molecule has 0 radical (unpaired) electrons. The summed E-state index contributed by atoms with van der Waals surface area (Å²) >= 11 is 5.79. The molecule has 0 aliphatic heterocycles. The zero-order valence-corrected chi connectivity index (χ0v) is 10.5. The van der Waals surface area contributed by atoms with Gasteiger partial charge in [0.2, 0.25) is 5.91 Å². The lowest BCUT2D eigenvalue weighted by molar-refractivity contribution is -0.115. The Bertz CT molecular complexity index is 616. The normalized spacial score (nSPS) is 10.3. The highest BCUT2D eigenvalue weighted by Gasteiger charge is 2.08. The van der Waals surface area contributed by atoms with Crippen molar-refractivity contribution in [3.63, 3.8) is 0 Å². The highest BCUT2D eigenvalue weighted by molar-refractivity contribution is 6.33. The van der Waals surface area contributed by atoms with Crippen molar-refractivity contribution in [1.29, 1.82) is 0 Å². The largest absolute Gasteiger partial charge is 0.324 e. The van der Waals surface area contributed by atoms with Crippen LogP contribution in [0.25, 0.3) is 0 Å². The van der Waals surface area contributed by atoms with Crippen molar-refractivity contribution in [2.75, 3.05) is 5.32 Å². The third-order valence-corrected chi connectivity index (χ3v) is 2.77. The van der Waals surface area contributed by atoms with Crippen molar-refractivity contribution in [2.24, 2.45) is 0 Å². The third-order valence-electron chi connectivity index (χ3n) is 2.46. The number of anilines is 1. The number of rotatable bonds is 3. The van der Waals surface area contributed by atoms with Crippen LogP contribution in [0.5, 0.6) is 0 Å². The third kappa shape index (κ3) is 3.76. The molecular formula is C14H10ClF2NO. The molecule has 0 aliphatic carbocycles. The average Bonchev–Trinajstić information content (AvgIpc) is 2.33. The maximum absolute atomic E-state index is 13.0. The monoisotopic (exact) mass is 281 g/mol. The van der Waals surface area contributed by atoms with Crippen LogP contribution in [0.2, 0.25) is 5.02 Å². The molecule has 2 nitrogen and oxygen atoms in total. The summed E-state index contributed by atoms with van der Waals surface area (Å²) in [6, 6.07) is 9.45. The lowest BCUT2D eigenvalue weighted by Gasteiger charge is -2.07. The van der Waals surface area contributed by atoms with E-state index in [9.17, 15) is 13.6 Å². The smallest absolute Gasteiger partial charge is 0.228 e. The number of hydrogen-bond donors (Lipinski definition) is 1. The Labute approximate surface area is 114 Å². The first-order valence-electron chi connectivity index (χ1n) is 5.54. The maximum atomic E-state index is 13.0. The highest BCUT2D eigenvalue weighted by Crippen LogP contribution is 2.22. The van der Waals surface area contributed by atoms with E-state index in [1.54, 1.807) is 6.07 Å². The van der Waals surface area contributed by atoms with Gasteiger partial charge in [-0.2, -0.15) is 0 Å². The van der Waals surface area contributed by atoms with E-state index in [4.69, 9.17) is 11.6 Å². The van der Waals surface area contributed by atoms with E-state index in [1.165, 1.54) is 30.3 Å². The van der Waals surface area contributed by atoms with Gasteiger partial charge in [0, 0.05) is 0 Å². The molecule has 1 amide bonds. The van der Waals surface area contributed by atoms with Crippen LogP contribution < -0.4 is 5.32 Å². The average molecular weight is 282 g/mol. The quantitative estimate of drug-likeness (QED) is 0.911. The van der Waals surface area contributed by atoms with E-state index in [2.05, 4.69) is 5.32 Å². The number of amides is 1. The number of carbonyl (C=O) groups excluding carboxylic acids is 1. The number of halogens is 3. The molecule has 0 aromatic heterocycles. The number of carbonyl (C=O) groups is 1. The summed E-state index contributed by atoms with van der Waals surface area (Å²) in [6.45, 7) is 0. The molecule has 98 valence electrons. The van der Waals surface area contributed by atoms with Crippen LogP contribution >= 0.6 is 11.6 Å². The molecular weight excluding hydrogens is 272 g/mol. The second-order valence-electron chi connectivity index (χ2n) is 3.98. The number of nitrogens with one attached hydrogen (secondary N) is 1. The summed E-state index contributed by atoms with van der Waals surface area (Å²) in [5.41, 5.74) is 0.875. The Morgan fingerprint density at radius 2 is 1.84 bits per heavy atom. The van der Waals surface area contributed by atoms with E-state index in [0.717, 1.165) is 6.07 Å². The fraction of sp³-hybridized carbons (Fsp3) is 0.0714. The SMILES string of the molecule is O=C(Cc1cccc(F)c1)Nc1ccc(F)cc1Cl. The fourth-order valence-electron chi connectivity index (χ4n) is 1.62.